The number of allylic oxidation sites excluding steroid dienone is 3. The van der Waals surface area contributed by atoms with Crippen molar-refractivity contribution in [3.63, 3.8) is 0 Å². The summed E-state index contributed by atoms with van der Waals surface area (Å²) in [5.74, 6) is -3.49. The molecule has 1 heterocycles. The molecule has 0 radical (unpaired) electrons. The van der Waals surface area contributed by atoms with Gasteiger partial charge in [-0.25, -0.2) is 13.6 Å². The molecule has 6 heteroatoms. The van der Waals surface area contributed by atoms with E-state index in [9.17, 15) is 18.4 Å². The van der Waals surface area contributed by atoms with Gasteiger partial charge in [0.2, 0.25) is 0 Å². The number of methoxy groups -OCH3 is 1. The lowest BCUT2D eigenvalue weighted by Crippen LogP contribution is -2.38. The maximum atomic E-state index is 13.9. The fraction of sp³-hybridized carbons (Fsp3) is 0.400. The van der Waals surface area contributed by atoms with Crippen LogP contribution in [0.2, 0.25) is 0 Å². The average Bonchev–Trinajstić information content (AvgIpc) is 2.54. The number of benzene rings is 1. The number of carbonyl (C=O) groups excluding carboxylic acids is 2. The molecule has 1 aliphatic heterocycles. The zero-order valence-corrected chi connectivity index (χ0v) is 15.2. The van der Waals surface area contributed by atoms with E-state index in [2.05, 4.69) is 5.32 Å². The molecule has 0 aromatic heterocycles. The molecule has 138 valence electrons. The molecule has 3 rings (SSSR count). The van der Waals surface area contributed by atoms with Crippen LogP contribution in [-0.2, 0) is 14.3 Å². The van der Waals surface area contributed by atoms with Crippen molar-refractivity contribution >= 4 is 11.8 Å². The van der Waals surface area contributed by atoms with E-state index in [0.717, 1.165) is 17.8 Å². The average molecular weight is 361 g/mol. The van der Waals surface area contributed by atoms with Gasteiger partial charge < -0.3 is 10.1 Å². The van der Waals surface area contributed by atoms with Crippen molar-refractivity contribution < 1.29 is 23.1 Å². The van der Waals surface area contributed by atoms with Gasteiger partial charge in [0, 0.05) is 29.3 Å². The predicted octanol–water partition coefficient (Wildman–Crippen LogP) is 3.74. The zero-order chi connectivity index (χ0) is 19.2. The third-order valence-electron chi connectivity index (χ3n) is 4.92. The third kappa shape index (κ3) is 3.04. The molecule has 2 aliphatic rings. The number of hydrogen-bond donors (Lipinski definition) is 1. The summed E-state index contributed by atoms with van der Waals surface area (Å²) in [5, 5.41) is 3.17. The Morgan fingerprint density at radius 1 is 1.23 bits per heavy atom. The van der Waals surface area contributed by atoms with Gasteiger partial charge in [0.1, 0.15) is 0 Å². The van der Waals surface area contributed by atoms with Crippen molar-refractivity contribution in [2.75, 3.05) is 7.11 Å². The van der Waals surface area contributed by atoms with Crippen LogP contribution in [0.25, 0.3) is 0 Å². The van der Waals surface area contributed by atoms with Crippen molar-refractivity contribution in [2.24, 2.45) is 5.41 Å². The smallest absolute Gasteiger partial charge is 0.336 e. The number of hydrogen-bond acceptors (Lipinski definition) is 4. The second-order valence-electron chi connectivity index (χ2n) is 7.59. The summed E-state index contributed by atoms with van der Waals surface area (Å²) in [6.07, 6.45) is 0.946. The predicted molar refractivity (Wildman–Crippen MR) is 92.0 cm³/mol. The van der Waals surface area contributed by atoms with Crippen LogP contribution in [-0.4, -0.2) is 18.9 Å². The number of esters is 1. The van der Waals surface area contributed by atoms with Crippen LogP contribution in [0, 0.1) is 17.0 Å². The van der Waals surface area contributed by atoms with Gasteiger partial charge in [-0.05, 0) is 36.5 Å². The van der Waals surface area contributed by atoms with E-state index in [0.29, 0.717) is 29.7 Å². The Kier molecular flexibility index (Phi) is 4.46. The SMILES string of the molecule is COC(=O)C1=C(C)NC2=C(C(=O)CC(C)(C)C2)C1c1ccc(F)c(F)c1. The maximum Gasteiger partial charge on any atom is 0.336 e. The minimum atomic E-state index is -1.02. The number of Topliss-reactive ketones (excluding diaryl/α,β-unsaturated/α-hetero) is 1. The molecule has 1 N–H and O–H groups in total. The number of rotatable bonds is 2. The minimum Gasteiger partial charge on any atom is -0.466 e. The number of ether oxygens (including phenoxy) is 1. The van der Waals surface area contributed by atoms with E-state index < -0.39 is 23.5 Å². The first-order valence-electron chi connectivity index (χ1n) is 8.42. The molecule has 0 saturated heterocycles. The monoisotopic (exact) mass is 361 g/mol. The Morgan fingerprint density at radius 2 is 1.92 bits per heavy atom. The first-order valence-corrected chi connectivity index (χ1v) is 8.42. The van der Waals surface area contributed by atoms with Crippen LogP contribution >= 0.6 is 0 Å². The van der Waals surface area contributed by atoms with Gasteiger partial charge in [-0.2, -0.15) is 0 Å². The largest absolute Gasteiger partial charge is 0.466 e. The van der Waals surface area contributed by atoms with E-state index in [4.69, 9.17) is 4.74 Å². The van der Waals surface area contributed by atoms with Crippen LogP contribution in [0.15, 0.2) is 40.7 Å². The quantitative estimate of drug-likeness (QED) is 0.816. The molecule has 26 heavy (non-hydrogen) atoms. The van der Waals surface area contributed by atoms with Crippen molar-refractivity contribution in [1.29, 1.82) is 0 Å². The molecule has 0 fully saturated rings. The zero-order valence-electron chi connectivity index (χ0n) is 15.2. The van der Waals surface area contributed by atoms with Crippen LogP contribution in [0.3, 0.4) is 0 Å². The summed E-state index contributed by atoms with van der Waals surface area (Å²) in [5.41, 5.74) is 2.09. The first kappa shape index (κ1) is 18.3. The van der Waals surface area contributed by atoms with E-state index in [1.54, 1.807) is 6.92 Å². The van der Waals surface area contributed by atoms with Gasteiger partial charge in [-0.3, -0.25) is 4.79 Å². The Bertz CT molecular complexity index is 868. The van der Waals surface area contributed by atoms with Crippen molar-refractivity contribution in [3.8, 4) is 0 Å². The van der Waals surface area contributed by atoms with Gasteiger partial charge in [0.05, 0.1) is 12.7 Å². The maximum absolute atomic E-state index is 13.9. The summed E-state index contributed by atoms with van der Waals surface area (Å²) >= 11 is 0. The standard InChI is InChI=1S/C20H21F2NO3/c1-10-16(19(25)26-4)17(11-5-6-12(21)13(22)7-11)18-14(23-10)8-20(2,3)9-15(18)24/h5-7,17,23H,8-9H2,1-4H3. The van der Waals surface area contributed by atoms with Crippen LogP contribution in [0.5, 0.6) is 0 Å². The van der Waals surface area contributed by atoms with E-state index in [1.165, 1.54) is 13.2 Å². The van der Waals surface area contributed by atoms with Gasteiger partial charge in [-0.1, -0.05) is 19.9 Å². The molecule has 0 amide bonds. The number of ketones is 1. The lowest BCUT2D eigenvalue weighted by Gasteiger charge is -2.39. The summed E-state index contributed by atoms with van der Waals surface area (Å²) in [6, 6.07) is 3.45. The number of halogens is 2. The van der Waals surface area contributed by atoms with E-state index in [-0.39, 0.29) is 16.8 Å². The summed E-state index contributed by atoms with van der Waals surface area (Å²) < 4.78 is 32.2. The first-order chi connectivity index (χ1) is 12.1. The molecule has 0 bridgehead atoms. The second-order valence-corrected chi connectivity index (χ2v) is 7.59. The highest BCUT2D eigenvalue weighted by Crippen LogP contribution is 2.46. The highest BCUT2D eigenvalue weighted by molar-refractivity contribution is 6.04. The van der Waals surface area contributed by atoms with Crippen molar-refractivity contribution in [2.45, 2.75) is 39.5 Å². The molecular formula is C20H21F2NO3. The van der Waals surface area contributed by atoms with Gasteiger partial charge in [0.25, 0.3) is 0 Å². The van der Waals surface area contributed by atoms with Crippen molar-refractivity contribution in [1.82, 2.24) is 5.32 Å². The summed E-state index contributed by atoms with van der Waals surface area (Å²) in [6.45, 7) is 5.71. The molecular weight excluding hydrogens is 340 g/mol. The Labute approximate surface area is 150 Å². The van der Waals surface area contributed by atoms with E-state index >= 15 is 0 Å². The van der Waals surface area contributed by atoms with Crippen LogP contribution in [0.4, 0.5) is 8.78 Å². The fourth-order valence-electron chi connectivity index (χ4n) is 3.84. The third-order valence-corrected chi connectivity index (χ3v) is 4.92. The van der Waals surface area contributed by atoms with Gasteiger partial charge in [0.15, 0.2) is 17.4 Å². The lowest BCUT2D eigenvalue weighted by atomic mass is 9.68. The molecule has 1 aromatic rings. The highest BCUT2D eigenvalue weighted by Gasteiger charge is 2.43. The van der Waals surface area contributed by atoms with Gasteiger partial charge in [-0.15, -0.1) is 0 Å². The molecule has 0 spiro atoms. The molecule has 1 atom stereocenters. The highest BCUT2D eigenvalue weighted by atomic mass is 19.2. The Morgan fingerprint density at radius 3 is 2.54 bits per heavy atom. The molecule has 1 unspecified atom stereocenters. The molecule has 0 saturated carbocycles. The van der Waals surface area contributed by atoms with Crippen molar-refractivity contribution in [3.05, 3.63) is 57.9 Å². The fourth-order valence-corrected chi connectivity index (χ4v) is 3.84. The number of dihydropyridines is 1. The van der Waals surface area contributed by atoms with Gasteiger partial charge >= 0.3 is 5.97 Å². The second kappa shape index (κ2) is 6.34. The number of carbonyl (C=O) groups is 2. The van der Waals surface area contributed by atoms with Crippen LogP contribution < -0.4 is 5.32 Å². The normalized spacial score (nSPS) is 22.1. The Balaban J connectivity index is 2.22. The topological polar surface area (TPSA) is 55.4 Å². The minimum absolute atomic E-state index is 0.104. The molecule has 1 aliphatic carbocycles. The summed E-state index contributed by atoms with van der Waals surface area (Å²) in [4.78, 5) is 25.3. The number of nitrogens with one attached hydrogen (secondary N) is 1. The lowest BCUT2D eigenvalue weighted by molar-refractivity contribution is -0.136. The van der Waals surface area contributed by atoms with E-state index in [1.807, 2.05) is 13.8 Å². The summed E-state index contributed by atoms with van der Waals surface area (Å²) in [7, 11) is 1.25. The molecule has 4 nitrogen and oxygen atoms in total. The van der Waals surface area contributed by atoms with Crippen LogP contribution in [0.1, 0.15) is 45.1 Å². The Hall–Kier alpha value is -2.50. The molecule has 1 aromatic carbocycles.